The zero-order valence-electron chi connectivity index (χ0n) is 11.8. The van der Waals surface area contributed by atoms with E-state index in [1.165, 1.54) is 5.56 Å². The number of carbonyl (C=O) groups is 1. The molecule has 4 heteroatoms. The number of anilines is 1. The van der Waals surface area contributed by atoms with E-state index in [1.54, 1.807) is 0 Å². The number of hydrogen-bond acceptors (Lipinski definition) is 2. The molecular weight excluding hydrogens is 268 g/mol. The van der Waals surface area contributed by atoms with Gasteiger partial charge in [0.15, 0.2) is 0 Å². The van der Waals surface area contributed by atoms with Crippen LogP contribution >= 0.6 is 12.2 Å². The van der Waals surface area contributed by atoms with Crippen LogP contribution in [0.25, 0.3) is 0 Å². The summed E-state index contributed by atoms with van der Waals surface area (Å²) in [6.07, 6.45) is 3.63. The number of amides is 1. The standard InChI is InChI=1S/C16H20N2OS/c1-11-9-16(10-11,14(17)20)15(19)18-8-4-6-12-5-2-3-7-13(12)18/h2-3,5,7,11H,4,6,8-10H2,1H3,(H2,17,20). The van der Waals surface area contributed by atoms with Gasteiger partial charge in [-0.1, -0.05) is 37.3 Å². The lowest BCUT2D eigenvalue weighted by Gasteiger charge is -2.47. The molecule has 1 saturated carbocycles. The van der Waals surface area contributed by atoms with Crippen LogP contribution < -0.4 is 10.6 Å². The number of benzene rings is 1. The molecule has 1 amide bonds. The van der Waals surface area contributed by atoms with Crippen molar-refractivity contribution in [3.63, 3.8) is 0 Å². The third-order valence-electron chi connectivity index (χ3n) is 4.63. The van der Waals surface area contributed by atoms with Crippen molar-refractivity contribution in [1.82, 2.24) is 0 Å². The maximum atomic E-state index is 13.0. The van der Waals surface area contributed by atoms with Crippen molar-refractivity contribution < 1.29 is 4.79 Å². The molecule has 0 saturated heterocycles. The van der Waals surface area contributed by atoms with Crippen LogP contribution in [-0.2, 0) is 11.2 Å². The Hall–Kier alpha value is -1.42. The van der Waals surface area contributed by atoms with Gasteiger partial charge >= 0.3 is 0 Å². The van der Waals surface area contributed by atoms with Gasteiger partial charge in [0.2, 0.25) is 5.91 Å². The highest BCUT2D eigenvalue weighted by atomic mass is 32.1. The van der Waals surface area contributed by atoms with Gasteiger partial charge in [-0.3, -0.25) is 4.79 Å². The molecule has 2 aliphatic rings. The lowest BCUT2D eigenvalue weighted by atomic mass is 9.61. The van der Waals surface area contributed by atoms with E-state index in [-0.39, 0.29) is 5.91 Å². The van der Waals surface area contributed by atoms with Gasteiger partial charge in [-0.05, 0) is 43.2 Å². The fourth-order valence-electron chi connectivity index (χ4n) is 3.61. The van der Waals surface area contributed by atoms with Crippen molar-refractivity contribution in [2.75, 3.05) is 11.4 Å². The summed E-state index contributed by atoms with van der Waals surface area (Å²) in [6, 6.07) is 8.15. The summed E-state index contributed by atoms with van der Waals surface area (Å²) in [5.41, 5.74) is 7.60. The molecule has 1 aromatic rings. The average Bonchev–Trinajstić information content (AvgIpc) is 2.42. The predicted molar refractivity (Wildman–Crippen MR) is 84.7 cm³/mol. The molecule has 0 bridgehead atoms. The van der Waals surface area contributed by atoms with Gasteiger partial charge in [0.25, 0.3) is 0 Å². The molecule has 1 heterocycles. The van der Waals surface area contributed by atoms with Crippen molar-refractivity contribution in [2.45, 2.75) is 32.6 Å². The number of aryl methyl sites for hydroxylation is 1. The third kappa shape index (κ3) is 1.94. The molecule has 0 atom stereocenters. The highest BCUT2D eigenvalue weighted by molar-refractivity contribution is 7.80. The Morgan fingerprint density at radius 2 is 2.10 bits per heavy atom. The molecule has 3 nitrogen and oxygen atoms in total. The average molecular weight is 288 g/mol. The zero-order valence-corrected chi connectivity index (χ0v) is 12.6. The van der Waals surface area contributed by atoms with Crippen molar-refractivity contribution >= 4 is 28.8 Å². The topological polar surface area (TPSA) is 46.3 Å². The van der Waals surface area contributed by atoms with Crippen LogP contribution in [0.4, 0.5) is 5.69 Å². The molecule has 1 fully saturated rings. The second-order valence-electron chi connectivity index (χ2n) is 6.15. The molecule has 2 N–H and O–H groups in total. The molecule has 0 radical (unpaired) electrons. The summed E-state index contributed by atoms with van der Waals surface area (Å²) in [5.74, 6) is 0.635. The lowest BCUT2D eigenvalue weighted by Crippen LogP contribution is -2.58. The largest absolute Gasteiger partial charge is 0.392 e. The predicted octanol–water partition coefficient (Wildman–Crippen LogP) is 2.67. The van der Waals surface area contributed by atoms with Crippen molar-refractivity contribution in [3.8, 4) is 0 Å². The monoisotopic (exact) mass is 288 g/mol. The number of carbonyl (C=O) groups excluding carboxylic acids is 1. The van der Waals surface area contributed by atoms with E-state index in [0.717, 1.165) is 37.9 Å². The van der Waals surface area contributed by atoms with Crippen LogP contribution in [0.3, 0.4) is 0 Å². The van der Waals surface area contributed by atoms with Crippen molar-refractivity contribution in [3.05, 3.63) is 29.8 Å². The van der Waals surface area contributed by atoms with Gasteiger partial charge < -0.3 is 10.6 Å². The molecule has 3 rings (SSSR count). The summed E-state index contributed by atoms with van der Waals surface area (Å²) in [6.45, 7) is 2.92. The Balaban J connectivity index is 1.94. The first kappa shape index (κ1) is 13.6. The van der Waals surface area contributed by atoms with Crippen LogP contribution in [0.5, 0.6) is 0 Å². The van der Waals surface area contributed by atoms with E-state index < -0.39 is 5.41 Å². The van der Waals surface area contributed by atoms with Crippen molar-refractivity contribution in [2.24, 2.45) is 17.1 Å². The van der Waals surface area contributed by atoms with E-state index in [1.807, 2.05) is 23.1 Å². The van der Waals surface area contributed by atoms with E-state index in [4.69, 9.17) is 18.0 Å². The van der Waals surface area contributed by atoms with Crippen LogP contribution in [0.2, 0.25) is 0 Å². The fourth-order valence-corrected chi connectivity index (χ4v) is 3.87. The number of nitrogens with two attached hydrogens (primary N) is 1. The normalized spacial score (nSPS) is 28.4. The Morgan fingerprint density at radius 3 is 2.75 bits per heavy atom. The van der Waals surface area contributed by atoms with Gasteiger partial charge in [-0.25, -0.2) is 0 Å². The van der Waals surface area contributed by atoms with Gasteiger partial charge in [0, 0.05) is 12.2 Å². The second-order valence-corrected chi connectivity index (χ2v) is 6.59. The summed E-state index contributed by atoms with van der Waals surface area (Å²) >= 11 is 5.21. The number of nitrogens with zero attached hydrogens (tertiary/aromatic N) is 1. The smallest absolute Gasteiger partial charge is 0.240 e. The Bertz CT molecular complexity index is 563. The molecular formula is C16H20N2OS. The SMILES string of the molecule is CC1CC(C(=O)N2CCCc3ccccc32)(C(N)=S)C1. The van der Waals surface area contributed by atoms with E-state index >= 15 is 0 Å². The Kier molecular flexibility index (Phi) is 3.28. The minimum absolute atomic E-state index is 0.107. The van der Waals surface area contributed by atoms with Gasteiger partial charge in [-0.15, -0.1) is 0 Å². The summed E-state index contributed by atoms with van der Waals surface area (Å²) in [7, 11) is 0. The number of para-hydroxylation sites is 1. The Labute approximate surface area is 125 Å². The third-order valence-corrected chi connectivity index (χ3v) is 5.02. The minimum atomic E-state index is -0.598. The highest BCUT2D eigenvalue weighted by Gasteiger charge is 2.53. The molecule has 1 aliphatic carbocycles. The van der Waals surface area contributed by atoms with Crippen LogP contribution in [0, 0.1) is 11.3 Å². The maximum Gasteiger partial charge on any atom is 0.240 e. The number of fused-ring (bicyclic) bond motifs is 1. The molecule has 0 spiro atoms. The minimum Gasteiger partial charge on any atom is -0.392 e. The van der Waals surface area contributed by atoms with E-state index in [9.17, 15) is 4.79 Å². The van der Waals surface area contributed by atoms with Crippen LogP contribution in [-0.4, -0.2) is 17.4 Å². The second kappa shape index (κ2) is 4.85. The molecule has 1 aromatic carbocycles. The quantitative estimate of drug-likeness (QED) is 0.851. The highest BCUT2D eigenvalue weighted by Crippen LogP contribution is 2.48. The number of hydrogen-bond donors (Lipinski definition) is 1. The molecule has 20 heavy (non-hydrogen) atoms. The molecule has 106 valence electrons. The molecule has 0 unspecified atom stereocenters. The first-order valence-electron chi connectivity index (χ1n) is 7.24. The van der Waals surface area contributed by atoms with Crippen LogP contribution in [0.1, 0.15) is 31.7 Å². The van der Waals surface area contributed by atoms with E-state index in [2.05, 4.69) is 13.0 Å². The molecule has 1 aliphatic heterocycles. The van der Waals surface area contributed by atoms with Crippen molar-refractivity contribution in [1.29, 1.82) is 0 Å². The lowest BCUT2D eigenvalue weighted by molar-refractivity contribution is -0.130. The molecule has 0 aromatic heterocycles. The van der Waals surface area contributed by atoms with Gasteiger partial charge in [0.1, 0.15) is 0 Å². The summed E-state index contributed by atoms with van der Waals surface area (Å²) in [4.78, 5) is 15.3. The van der Waals surface area contributed by atoms with Gasteiger partial charge in [-0.2, -0.15) is 0 Å². The first-order valence-corrected chi connectivity index (χ1v) is 7.65. The summed E-state index contributed by atoms with van der Waals surface area (Å²) < 4.78 is 0. The number of rotatable bonds is 2. The van der Waals surface area contributed by atoms with Gasteiger partial charge in [0.05, 0.1) is 10.4 Å². The zero-order chi connectivity index (χ0) is 14.3. The van der Waals surface area contributed by atoms with E-state index in [0.29, 0.717) is 10.9 Å². The maximum absolute atomic E-state index is 13.0. The summed E-state index contributed by atoms with van der Waals surface area (Å²) in [5, 5.41) is 0. The van der Waals surface area contributed by atoms with Crippen LogP contribution in [0.15, 0.2) is 24.3 Å². The first-order chi connectivity index (χ1) is 9.54. The fraction of sp³-hybridized carbons (Fsp3) is 0.500. The number of thiocarbonyl (C=S) groups is 1. The Morgan fingerprint density at radius 1 is 1.40 bits per heavy atom.